The smallest absolute Gasteiger partial charge is 0.188 e. The van der Waals surface area contributed by atoms with Gasteiger partial charge in [-0.25, -0.2) is 0 Å². The van der Waals surface area contributed by atoms with Crippen LogP contribution >= 0.6 is 0 Å². The van der Waals surface area contributed by atoms with E-state index in [1.165, 1.54) is 11.3 Å². The van der Waals surface area contributed by atoms with Crippen molar-refractivity contribution in [1.29, 1.82) is 0 Å². The summed E-state index contributed by atoms with van der Waals surface area (Å²) in [4.78, 5) is 6.69. The summed E-state index contributed by atoms with van der Waals surface area (Å²) < 4.78 is 11.3. The molecule has 1 aliphatic heterocycles. The molecular weight excluding hydrogens is 216 g/mol. The number of aromatic amines is 2. The van der Waals surface area contributed by atoms with Crippen LogP contribution in [-0.4, -0.2) is 23.2 Å². The summed E-state index contributed by atoms with van der Waals surface area (Å²) in [6, 6.07) is 2.12. The lowest BCUT2D eigenvalue weighted by Crippen LogP contribution is -2.14. The summed E-state index contributed by atoms with van der Waals surface area (Å²) in [6.07, 6.45) is 0. The first-order chi connectivity index (χ1) is 8.16. The highest BCUT2D eigenvalue weighted by molar-refractivity contribution is 5.71. The second-order valence-corrected chi connectivity index (χ2v) is 4.47. The number of H-pyrrole nitrogens is 2. The molecule has 0 radical (unpaired) electrons. The van der Waals surface area contributed by atoms with Gasteiger partial charge in [-0.05, 0) is 32.4 Å². The fraction of sp³-hybridized carbons (Fsp3) is 0.385. The third-order valence-corrected chi connectivity index (χ3v) is 3.21. The van der Waals surface area contributed by atoms with Crippen molar-refractivity contribution >= 4 is 0 Å². The fourth-order valence-corrected chi connectivity index (χ4v) is 2.17. The number of nitrogens with one attached hydrogen (secondary N) is 2. The first-order valence-electron chi connectivity index (χ1n) is 5.81. The average Bonchev–Trinajstić information content (AvgIpc) is 2.82. The van der Waals surface area contributed by atoms with E-state index in [0.717, 1.165) is 28.6 Å². The molecule has 90 valence electrons. The maximum atomic E-state index is 5.70. The van der Waals surface area contributed by atoms with Crippen molar-refractivity contribution < 1.29 is 9.47 Å². The maximum absolute atomic E-state index is 5.70. The molecule has 0 bridgehead atoms. The summed E-state index contributed by atoms with van der Waals surface area (Å²) in [5.74, 6) is 1.67. The second-order valence-electron chi connectivity index (χ2n) is 4.47. The van der Waals surface area contributed by atoms with Crippen LogP contribution < -0.4 is 9.47 Å². The van der Waals surface area contributed by atoms with Crippen LogP contribution in [0.15, 0.2) is 6.07 Å². The highest BCUT2D eigenvalue weighted by atomic mass is 16.6. The van der Waals surface area contributed by atoms with E-state index in [1.54, 1.807) is 0 Å². The molecule has 0 atom stereocenters. The summed E-state index contributed by atoms with van der Waals surface area (Å²) in [7, 11) is 0. The standard InChI is InChI=1S/C13H16N2O2/c1-7-6-10(14-8(7)2)11-13-12(9(3)15-11)16-4-5-17-13/h6,14-15H,4-5H2,1-3H3. The van der Waals surface area contributed by atoms with Crippen LogP contribution in [0, 0.1) is 20.8 Å². The van der Waals surface area contributed by atoms with Gasteiger partial charge in [0.15, 0.2) is 11.5 Å². The molecule has 0 amide bonds. The third kappa shape index (κ3) is 1.52. The Kier molecular flexibility index (Phi) is 2.18. The van der Waals surface area contributed by atoms with Gasteiger partial charge in [-0.15, -0.1) is 0 Å². The molecule has 2 aromatic rings. The topological polar surface area (TPSA) is 50.0 Å². The number of hydrogen-bond donors (Lipinski definition) is 2. The second kappa shape index (κ2) is 3.58. The van der Waals surface area contributed by atoms with Crippen molar-refractivity contribution in [3.05, 3.63) is 23.0 Å². The van der Waals surface area contributed by atoms with Crippen molar-refractivity contribution in [3.63, 3.8) is 0 Å². The fourth-order valence-electron chi connectivity index (χ4n) is 2.17. The van der Waals surface area contributed by atoms with Gasteiger partial charge in [-0.1, -0.05) is 0 Å². The van der Waals surface area contributed by atoms with Crippen LogP contribution in [0.2, 0.25) is 0 Å². The van der Waals surface area contributed by atoms with E-state index in [0.29, 0.717) is 13.2 Å². The predicted octanol–water partition coefficient (Wildman–Crippen LogP) is 2.71. The van der Waals surface area contributed by atoms with Crippen LogP contribution in [-0.2, 0) is 0 Å². The molecule has 17 heavy (non-hydrogen) atoms. The van der Waals surface area contributed by atoms with Gasteiger partial charge >= 0.3 is 0 Å². The molecule has 0 aliphatic carbocycles. The quantitative estimate of drug-likeness (QED) is 0.794. The van der Waals surface area contributed by atoms with Crippen molar-refractivity contribution in [2.24, 2.45) is 0 Å². The largest absolute Gasteiger partial charge is 0.484 e. The van der Waals surface area contributed by atoms with E-state index in [4.69, 9.17) is 9.47 Å². The average molecular weight is 232 g/mol. The lowest BCUT2D eigenvalue weighted by atomic mass is 10.2. The minimum absolute atomic E-state index is 0.607. The molecule has 0 aromatic carbocycles. The van der Waals surface area contributed by atoms with Crippen LogP contribution in [0.5, 0.6) is 11.5 Å². The van der Waals surface area contributed by atoms with Crippen LogP contribution in [0.25, 0.3) is 11.4 Å². The van der Waals surface area contributed by atoms with Crippen LogP contribution in [0.3, 0.4) is 0 Å². The molecule has 1 aliphatic rings. The van der Waals surface area contributed by atoms with Crippen LogP contribution in [0.1, 0.15) is 17.0 Å². The SMILES string of the molecule is Cc1cc(-c2[nH]c(C)c3c2OCCO3)[nH]c1C. The number of rotatable bonds is 1. The molecule has 0 saturated heterocycles. The summed E-state index contributed by atoms with van der Waals surface area (Å²) >= 11 is 0. The molecule has 0 fully saturated rings. The van der Waals surface area contributed by atoms with E-state index < -0.39 is 0 Å². The van der Waals surface area contributed by atoms with Gasteiger partial charge < -0.3 is 19.4 Å². The Hall–Kier alpha value is -1.84. The molecule has 0 saturated carbocycles. The van der Waals surface area contributed by atoms with Gasteiger partial charge in [-0.2, -0.15) is 0 Å². The lowest BCUT2D eigenvalue weighted by molar-refractivity contribution is 0.173. The third-order valence-electron chi connectivity index (χ3n) is 3.21. The molecule has 3 rings (SSSR count). The summed E-state index contributed by atoms with van der Waals surface area (Å²) in [5.41, 5.74) is 5.47. The van der Waals surface area contributed by atoms with E-state index in [2.05, 4.69) is 29.9 Å². The Balaban J connectivity index is 2.14. The van der Waals surface area contributed by atoms with Gasteiger partial charge in [0, 0.05) is 5.69 Å². The maximum Gasteiger partial charge on any atom is 0.188 e. The summed E-state index contributed by atoms with van der Waals surface area (Å²) in [6.45, 7) is 7.39. The van der Waals surface area contributed by atoms with E-state index in [9.17, 15) is 0 Å². The van der Waals surface area contributed by atoms with Crippen LogP contribution in [0.4, 0.5) is 0 Å². The highest BCUT2D eigenvalue weighted by Crippen LogP contribution is 2.42. The summed E-state index contributed by atoms with van der Waals surface area (Å²) in [5, 5.41) is 0. The number of ether oxygens (including phenoxy) is 2. The molecular formula is C13H16N2O2. The first-order valence-corrected chi connectivity index (χ1v) is 5.81. The molecule has 0 unspecified atom stereocenters. The Morgan fingerprint density at radius 3 is 2.29 bits per heavy atom. The lowest BCUT2D eigenvalue weighted by Gasteiger charge is -2.16. The van der Waals surface area contributed by atoms with Gasteiger partial charge in [-0.3, -0.25) is 0 Å². The predicted molar refractivity (Wildman–Crippen MR) is 65.8 cm³/mol. The van der Waals surface area contributed by atoms with Crippen molar-refractivity contribution in [3.8, 4) is 22.9 Å². The van der Waals surface area contributed by atoms with Crippen molar-refractivity contribution in [1.82, 2.24) is 9.97 Å². The van der Waals surface area contributed by atoms with Gasteiger partial charge in [0.25, 0.3) is 0 Å². The Labute approximate surface area is 100.0 Å². The molecule has 0 spiro atoms. The monoisotopic (exact) mass is 232 g/mol. The minimum atomic E-state index is 0.607. The molecule has 2 aromatic heterocycles. The number of aromatic nitrogens is 2. The molecule has 3 heterocycles. The zero-order valence-electron chi connectivity index (χ0n) is 10.3. The van der Waals surface area contributed by atoms with Gasteiger partial charge in [0.05, 0.1) is 11.4 Å². The Morgan fingerprint density at radius 2 is 1.65 bits per heavy atom. The molecule has 2 N–H and O–H groups in total. The zero-order chi connectivity index (χ0) is 12.0. The van der Waals surface area contributed by atoms with Gasteiger partial charge in [0.2, 0.25) is 0 Å². The van der Waals surface area contributed by atoms with Crippen molar-refractivity contribution in [2.45, 2.75) is 20.8 Å². The van der Waals surface area contributed by atoms with E-state index in [1.807, 2.05) is 6.92 Å². The molecule has 4 nitrogen and oxygen atoms in total. The van der Waals surface area contributed by atoms with Crippen molar-refractivity contribution in [2.75, 3.05) is 13.2 Å². The molecule has 4 heteroatoms. The first kappa shape index (κ1) is 10.3. The van der Waals surface area contributed by atoms with E-state index in [-0.39, 0.29) is 0 Å². The number of fused-ring (bicyclic) bond motifs is 1. The van der Waals surface area contributed by atoms with E-state index >= 15 is 0 Å². The zero-order valence-corrected chi connectivity index (χ0v) is 10.3. The normalized spacial score (nSPS) is 14.1. The Bertz CT molecular complexity index is 547. The number of hydrogen-bond acceptors (Lipinski definition) is 2. The number of aryl methyl sites for hydroxylation is 3. The minimum Gasteiger partial charge on any atom is -0.484 e. The Morgan fingerprint density at radius 1 is 0.941 bits per heavy atom. The van der Waals surface area contributed by atoms with Gasteiger partial charge in [0.1, 0.15) is 18.9 Å². The highest BCUT2D eigenvalue weighted by Gasteiger charge is 2.23.